The second-order valence-corrected chi connectivity index (χ2v) is 7.72. The van der Waals surface area contributed by atoms with E-state index in [0.29, 0.717) is 16.6 Å². The van der Waals surface area contributed by atoms with E-state index in [0.717, 1.165) is 22.4 Å². The summed E-state index contributed by atoms with van der Waals surface area (Å²) in [7, 11) is 0. The molecule has 1 aliphatic rings. The zero-order chi connectivity index (χ0) is 20.4. The van der Waals surface area contributed by atoms with Gasteiger partial charge < -0.3 is 15.4 Å². The van der Waals surface area contributed by atoms with Crippen LogP contribution in [0.25, 0.3) is 0 Å². The number of carbonyl (C=O) groups excluding carboxylic acids is 1. The third-order valence-electron chi connectivity index (χ3n) is 4.99. The maximum Gasteiger partial charge on any atom is 0.257 e. The van der Waals surface area contributed by atoms with Crippen molar-refractivity contribution in [1.29, 1.82) is 0 Å². The smallest absolute Gasteiger partial charge is 0.257 e. The molecule has 0 fully saturated rings. The van der Waals surface area contributed by atoms with Crippen LogP contribution in [0.5, 0.6) is 0 Å². The molecule has 0 aromatic heterocycles. The fourth-order valence-corrected chi connectivity index (χ4v) is 4.00. The molecule has 2 unspecified atom stereocenters. The zero-order valence-electron chi connectivity index (χ0n) is 16.0. The summed E-state index contributed by atoms with van der Waals surface area (Å²) < 4.78 is 6.23. The average Bonchev–Trinajstić information content (AvgIpc) is 2.84. The summed E-state index contributed by atoms with van der Waals surface area (Å²) in [4.78, 5) is 15.1. The second kappa shape index (κ2) is 9.82. The van der Waals surface area contributed by atoms with Crippen molar-refractivity contribution in [2.45, 2.75) is 18.8 Å². The van der Waals surface area contributed by atoms with Crippen LogP contribution in [-0.4, -0.2) is 18.6 Å². The first-order valence-electron chi connectivity index (χ1n) is 9.33. The highest BCUT2D eigenvalue weighted by Crippen LogP contribution is 2.41. The van der Waals surface area contributed by atoms with Crippen LogP contribution in [-0.2, 0) is 16.1 Å². The molecule has 3 aromatic carbocycles. The third kappa shape index (κ3) is 4.48. The molecule has 2 N–H and O–H groups in total. The maximum atomic E-state index is 13.3. The summed E-state index contributed by atoms with van der Waals surface area (Å²) in [6.07, 6.45) is -1.36. The fraction of sp³-hybridized carbons (Fsp3) is 0.174. The number of rotatable bonds is 4. The Morgan fingerprint density at radius 1 is 0.933 bits per heavy atom. The van der Waals surface area contributed by atoms with Crippen molar-refractivity contribution in [2.24, 2.45) is 5.73 Å². The minimum absolute atomic E-state index is 0. The minimum Gasteiger partial charge on any atom is -0.354 e. The lowest BCUT2D eigenvalue weighted by atomic mass is 9.99. The van der Waals surface area contributed by atoms with Crippen LogP contribution in [0.15, 0.2) is 72.8 Å². The van der Waals surface area contributed by atoms with Gasteiger partial charge in [0.25, 0.3) is 5.91 Å². The summed E-state index contributed by atoms with van der Waals surface area (Å²) >= 11 is 12.8. The summed E-state index contributed by atoms with van der Waals surface area (Å²) in [6, 6.07) is 22.7. The van der Waals surface area contributed by atoms with E-state index >= 15 is 0 Å². The molecule has 7 heteroatoms. The second-order valence-electron chi connectivity index (χ2n) is 6.88. The maximum absolute atomic E-state index is 13.3. The highest BCUT2D eigenvalue weighted by atomic mass is 35.5. The minimum atomic E-state index is -0.800. The molecule has 2 atom stereocenters. The number of carbonyl (C=O) groups is 1. The van der Waals surface area contributed by atoms with Gasteiger partial charge in [-0.3, -0.25) is 4.79 Å². The van der Waals surface area contributed by atoms with Gasteiger partial charge in [-0.2, -0.15) is 0 Å². The Kier molecular flexibility index (Phi) is 7.40. The summed E-state index contributed by atoms with van der Waals surface area (Å²) in [5.41, 5.74) is 9.23. The zero-order valence-corrected chi connectivity index (χ0v) is 18.3. The number of hydrogen-bond donors (Lipinski definition) is 1. The number of ether oxygens (including phenoxy) is 1. The van der Waals surface area contributed by atoms with E-state index in [1.54, 1.807) is 17.0 Å². The lowest BCUT2D eigenvalue weighted by Gasteiger charge is -2.25. The van der Waals surface area contributed by atoms with Crippen LogP contribution < -0.4 is 10.6 Å². The largest absolute Gasteiger partial charge is 0.354 e. The van der Waals surface area contributed by atoms with Gasteiger partial charge in [-0.1, -0.05) is 71.7 Å². The molecule has 0 spiro atoms. The summed E-state index contributed by atoms with van der Waals surface area (Å²) in [5.74, 6) is -0.186. The molecule has 156 valence electrons. The van der Waals surface area contributed by atoms with Crippen molar-refractivity contribution in [3.63, 3.8) is 0 Å². The Hall–Kier alpha value is -2.08. The number of amides is 1. The van der Waals surface area contributed by atoms with Crippen molar-refractivity contribution in [1.82, 2.24) is 0 Å². The van der Waals surface area contributed by atoms with Gasteiger partial charge in [-0.15, -0.1) is 12.4 Å². The third-order valence-corrected chi connectivity index (χ3v) is 5.57. The molecule has 1 heterocycles. The quantitative estimate of drug-likeness (QED) is 0.564. The predicted molar refractivity (Wildman–Crippen MR) is 124 cm³/mol. The van der Waals surface area contributed by atoms with Crippen molar-refractivity contribution >= 4 is 47.2 Å². The van der Waals surface area contributed by atoms with E-state index in [2.05, 4.69) is 0 Å². The van der Waals surface area contributed by atoms with Crippen molar-refractivity contribution in [3.8, 4) is 0 Å². The molecule has 0 bridgehead atoms. The van der Waals surface area contributed by atoms with Gasteiger partial charge in [0, 0.05) is 27.7 Å². The Labute approximate surface area is 191 Å². The number of nitrogens with zero attached hydrogens (tertiary/aromatic N) is 1. The van der Waals surface area contributed by atoms with Crippen molar-refractivity contribution < 1.29 is 9.53 Å². The lowest BCUT2D eigenvalue weighted by Crippen LogP contribution is -2.42. The lowest BCUT2D eigenvalue weighted by molar-refractivity contribution is -0.131. The first kappa shape index (κ1) is 22.6. The number of anilines is 1. The van der Waals surface area contributed by atoms with Crippen LogP contribution in [0.1, 0.15) is 22.8 Å². The molecule has 3 aromatic rings. The molecule has 4 nitrogen and oxygen atoms in total. The number of benzene rings is 3. The van der Waals surface area contributed by atoms with Crippen molar-refractivity contribution in [2.75, 3.05) is 11.4 Å². The van der Waals surface area contributed by atoms with Gasteiger partial charge >= 0.3 is 0 Å². The highest BCUT2D eigenvalue weighted by Gasteiger charge is 2.36. The molecule has 0 saturated carbocycles. The van der Waals surface area contributed by atoms with Crippen LogP contribution in [0.4, 0.5) is 5.69 Å². The van der Waals surface area contributed by atoms with Crippen LogP contribution in [0.2, 0.25) is 10.0 Å². The molecular formula is C23H21Cl3N2O2. The predicted octanol–water partition coefficient (Wildman–Crippen LogP) is 5.40. The van der Waals surface area contributed by atoms with E-state index < -0.39 is 12.2 Å². The van der Waals surface area contributed by atoms with Crippen LogP contribution >= 0.6 is 35.6 Å². The van der Waals surface area contributed by atoms with E-state index in [1.807, 2.05) is 60.7 Å². The molecule has 1 aliphatic heterocycles. The first-order valence-corrected chi connectivity index (χ1v) is 10.1. The number of nitrogens with two attached hydrogens (primary N) is 1. The van der Waals surface area contributed by atoms with Gasteiger partial charge in [0.15, 0.2) is 0 Å². The molecule has 30 heavy (non-hydrogen) atoms. The SMILES string of the molecule is Cl.NCC1OC(c2ccccc2Cl)c2cc(Cl)ccc2N(Cc2ccccc2)C1=O. The van der Waals surface area contributed by atoms with E-state index in [1.165, 1.54) is 0 Å². The van der Waals surface area contributed by atoms with Crippen molar-refractivity contribution in [3.05, 3.63) is 99.5 Å². The van der Waals surface area contributed by atoms with Crippen LogP contribution in [0, 0.1) is 0 Å². The number of hydrogen-bond acceptors (Lipinski definition) is 3. The molecule has 1 amide bonds. The van der Waals surface area contributed by atoms with E-state index in [4.69, 9.17) is 33.7 Å². The van der Waals surface area contributed by atoms with Gasteiger partial charge in [0.05, 0.1) is 12.2 Å². The monoisotopic (exact) mass is 462 g/mol. The van der Waals surface area contributed by atoms with Gasteiger partial charge in [0.2, 0.25) is 0 Å². The topological polar surface area (TPSA) is 55.6 Å². The Bertz CT molecular complexity index is 1030. The molecule has 0 saturated heterocycles. The molecule has 0 radical (unpaired) electrons. The highest BCUT2D eigenvalue weighted by molar-refractivity contribution is 6.31. The van der Waals surface area contributed by atoms with Gasteiger partial charge in [0.1, 0.15) is 12.2 Å². The standard InChI is InChI=1S/C23H20Cl2N2O2.ClH/c24-16-10-11-20-18(12-16)22(17-8-4-5-9-19(17)25)29-21(13-26)23(28)27(20)14-15-6-2-1-3-7-15;/h1-12,21-22H,13-14,26H2;1H. The Morgan fingerprint density at radius 3 is 2.33 bits per heavy atom. The average molecular weight is 464 g/mol. The molecular weight excluding hydrogens is 443 g/mol. The van der Waals surface area contributed by atoms with Gasteiger partial charge in [-0.05, 0) is 29.8 Å². The molecule has 0 aliphatic carbocycles. The fourth-order valence-electron chi connectivity index (χ4n) is 3.58. The van der Waals surface area contributed by atoms with E-state index in [9.17, 15) is 4.79 Å². The Morgan fingerprint density at radius 2 is 1.63 bits per heavy atom. The normalized spacial score (nSPS) is 18.4. The molecule has 4 rings (SSSR count). The van der Waals surface area contributed by atoms with E-state index in [-0.39, 0.29) is 24.9 Å². The van der Waals surface area contributed by atoms with Gasteiger partial charge in [-0.25, -0.2) is 0 Å². The summed E-state index contributed by atoms with van der Waals surface area (Å²) in [5, 5.41) is 1.12. The number of halogens is 3. The summed E-state index contributed by atoms with van der Waals surface area (Å²) in [6.45, 7) is 0.468. The first-order chi connectivity index (χ1) is 14.1. The van der Waals surface area contributed by atoms with Crippen LogP contribution in [0.3, 0.4) is 0 Å². The Balaban J connectivity index is 0.00000256. The number of fused-ring (bicyclic) bond motifs is 1.